The smallest absolute Gasteiger partial charge is 0.229 e. The van der Waals surface area contributed by atoms with Gasteiger partial charge in [-0.25, -0.2) is 0 Å². The molecule has 2 aromatic carbocycles. The molecule has 2 aliphatic rings. The van der Waals surface area contributed by atoms with Gasteiger partial charge in [0.25, 0.3) is 0 Å². The Balaban J connectivity index is 1.39. The molecule has 0 amide bonds. The fourth-order valence-electron chi connectivity index (χ4n) is 4.84. The van der Waals surface area contributed by atoms with Crippen LogP contribution >= 0.6 is 0 Å². The first-order valence-corrected chi connectivity index (χ1v) is 12.7. The molecule has 0 aliphatic carbocycles. The van der Waals surface area contributed by atoms with Crippen LogP contribution in [-0.4, -0.2) is 109 Å². The van der Waals surface area contributed by atoms with E-state index in [-0.39, 0.29) is 28.0 Å². The first kappa shape index (κ1) is 29.2. The molecule has 0 spiro atoms. The number of aliphatic hydroxyl groups is 6. The Bertz CT molecular complexity index is 1420. The van der Waals surface area contributed by atoms with E-state index in [1.54, 1.807) is 0 Å². The number of ether oxygens (including phenoxy) is 4. The van der Waals surface area contributed by atoms with E-state index in [9.17, 15) is 45.6 Å². The van der Waals surface area contributed by atoms with Gasteiger partial charge in [-0.3, -0.25) is 4.79 Å². The van der Waals surface area contributed by atoms with Crippen molar-refractivity contribution in [2.45, 2.75) is 68.3 Å². The monoisotopic (exact) mass is 578 g/mol. The fraction of sp³-hybridized carbons (Fsp3) is 0.444. The van der Waals surface area contributed by atoms with Crippen molar-refractivity contribution >= 4 is 11.0 Å². The van der Waals surface area contributed by atoms with Crippen molar-refractivity contribution in [3.05, 3.63) is 52.9 Å². The van der Waals surface area contributed by atoms with Crippen LogP contribution in [0.4, 0.5) is 0 Å². The number of hydrogen-bond acceptors (Lipinski definition) is 14. The maximum absolute atomic E-state index is 13.0. The molecule has 8 N–H and O–H groups in total. The Labute approximate surface area is 231 Å². The summed E-state index contributed by atoms with van der Waals surface area (Å²) in [5.74, 6) is -0.563. The van der Waals surface area contributed by atoms with E-state index in [0.717, 1.165) is 6.07 Å². The maximum Gasteiger partial charge on any atom is 0.229 e. The van der Waals surface area contributed by atoms with Crippen LogP contribution in [0.25, 0.3) is 22.1 Å². The third-order valence-electron chi connectivity index (χ3n) is 7.18. The molecule has 2 aliphatic heterocycles. The predicted octanol–water partition coefficient (Wildman–Crippen LogP) is -1.10. The Morgan fingerprint density at radius 3 is 2.24 bits per heavy atom. The molecule has 2 saturated heterocycles. The number of hydrogen-bond donors (Lipinski definition) is 8. The summed E-state index contributed by atoms with van der Waals surface area (Å²) in [4.78, 5) is 13.0. The summed E-state index contributed by atoms with van der Waals surface area (Å²) in [5, 5.41) is 80.9. The van der Waals surface area contributed by atoms with Crippen LogP contribution in [0.15, 0.2) is 51.9 Å². The Morgan fingerprint density at radius 1 is 0.854 bits per heavy atom. The Morgan fingerprint density at radius 2 is 1.56 bits per heavy atom. The summed E-state index contributed by atoms with van der Waals surface area (Å²) in [6.07, 6.45) is -13.5. The van der Waals surface area contributed by atoms with Gasteiger partial charge in [-0.2, -0.15) is 0 Å². The molecule has 14 nitrogen and oxygen atoms in total. The lowest BCUT2D eigenvalue weighted by atomic mass is 9.97. The van der Waals surface area contributed by atoms with E-state index >= 15 is 0 Å². The summed E-state index contributed by atoms with van der Waals surface area (Å²) in [5.41, 5.74) is -0.0459. The maximum atomic E-state index is 13.0. The molecule has 0 radical (unpaired) electrons. The van der Waals surface area contributed by atoms with Crippen molar-refractivity contribution < 1.29 is 64.2 Å². The molecule has 2 fully saturated rings. The van der Waals surface area contributed by atoms with Crippen LogP contribution in [0.1, 0.15) is 6.92 Å². The largest absolute Gasteiger partial charge is 0.508 e. The standard InChI is InChI=1S/C27H30O14/c1-10-19(31)22(34)24(36)26(38-10)41-25-23(35)21(33)17(8-28)40-27(25)39-13-4-2-11(3-5-13)14-9-37-16-7-12(29)6-15(30)18(16)20(14)32/h2-7,9-10,17,19,21-31,33-36H,8H2,1H3/t10-,17-,19+,21-,22-,23+,24-,25+,26+,27-/m1/s1. The van der Waals surface area contributed by atoms with E-state index < -0.39 is 79.2 Å². The third-order valence-corrected chi connectivity index (χ3v) is 7.18. The van der Waals surface area contributed by atoms with Gasteiger partial charge < -0.3 is 64.2 Å². The summed E-state index contributed by atoms with van der Waals surface area (Å²) >= 11 is 0. The van der Waals surface area contributed by atoms with E-state index in [1.165, 1.54) is 43.5 Å². The highest BCUT2D eigenvalue weighted by Gasteiger charge is 2.50. The molecular weight excluding hydrogens is 548 g/mol. The van der Waals surface area contributed by atoms with Crippen molar-refractivity contribution in [2.75, 3.05) is 6.61 Å². The highest BCUT2D eigenvalue weighted by atomic mass is 16.8. The number of benzene rings is 2. The highest BCUT2D eigenvalue weighted by Crippen LogP contribution is 2.32. The number of phenolic OH excluding ortho intramolecular Hbond substituents is 2. The second-order valence-electron chi connectivity index (χ2n) is 9.95. The molecular formula is C27H30O14. The van der Waals surface area contributed by atoms with Crippen LogP contribution < -0.4 is 10.2 Å². The van der Waals surface area contributed by atoms with Gasteiger partial charge in [0.2, 0.25) is 11.7 Å². The average Bonchev–Trinajstić information content (AvgIpc) is 2.94. The van der Waals surface area contributed by atoms with Gasteiger partial charge in [-0.15, -0.1) is 0 Å². The van der Waals surface area contributed by atoms with E-state index in [2.05, 4.69) is 0 Å². The van der Waals surface area contributed by atoms with Crippen molar-refractivity contribution in [1.29, 1.82) is 0 Å². The molecule has 222 valence electrons. The molecule has 0 saturated carbocycles. The summed E-state index contributed by atoms with van der Waals surface area (Å²) in [6.45, 7) is 0.772. The van der Waals surface area contributed by atoms with E-state index in [1.807, 2.05) is 0 Å². The topological polar surface area (TPSA) is 229 Å². The van der Waals surface area contributed by atoms with E-state index in [4.69, 9.17) is 23.4 Å². The molecule has 14 heteroatoms. The first-order valence-electron chi connectivity index (χ1n) is 12.7. The zero-order chi connectivity index (χ0) is 29.6. The SMILES string of the molecule is C[C@H]1O[C@@H](O[C@@H]2[C@H](Oc3ccc(-c4coc5cc(O)cc(O)c5c4=O)cc3)O[C@H](CO)[C@@H](O)[C@@H]2O)[C@H](O)[C@H](O)[C@H]1O. The second kappa shape index (κ2) is 11.5. The lowest BCUT2D eigenvalue weighted by molar-refractivity contribution is -0.354. The van der Waals surface area contributed by atoms with Gasteiger partial charge >= 0.3 is 0 Å². The summed E-state index contributed by atoms with van der Waals surface area (Å²) < 4.78 is 28.0. The van der Waals surface area contributed by atoms with Crippen LogP contribution in [0.3, 0.4) is 0 Å². The normalized spacial score (nSPS) is 34.0. The minimum absolute atomic E-state index is 0.000592. The minimum atomic E-state index is -1.71. The molecule has 1 aromatic heterocycles. The van der Waals surface area contributed by atoms with Gasteiger partial charge in [0, 0.05) is 12.1 Å². The summed E-state index contributed by atoms with van der Waals surface area (Å²) in [6, 6.07) is 8.14. The number of aromatic hydroxyl groups is 2. The van der Waals surface area contributed by atoms with Gasteiger partial charge in [-0.1, -0.05) is 12.1 Å². The lowest BCUT2D eigenvalue weighted by Crippen LogP contribution is -2.64. The molecule has 41 heavy (non-hydrogen) atoms. The van der Waals surface area contributed by atoms with E-state index in [0.29, 0.717) is 5.56 Å². The van der Waals surface area contributed by atoms with Gasteiger partial charge in [0.15, 0.2) is 12.4 Å². The highest BCUT2D eigenvalue weighted by molar-refractivity contribution is 5.88. The molecule has 10 atom stereocenters. The zero-order valence-corrected chi connectivity index (χ0v) is 21.5. The molecule has 5 rings (SSSR count). The predicted molar refractivity (Wildman–Crippen MR) is 137 cm³/mol. The minimum Gasteiger partial charge on any atom is -0.508 e. The van der Waals surface area contributed by atoms with Crippen LogP contribution in [0.2, 0.25) is 0 Å². The van der Waals surface area contributed by atoms with Crippen LogP contribution in [0, 0.1) is 0 Å². The zero-order valence-electron chi connectivity index (χ0n) is 21.5. The average molecular weight is 579 g/mol. The number of aliphatic hydroxyl groups excluding tert-OH is 6. The van der Waals surface area contributed by atoms with Crippen molar-refractivity contribution in [1.82, 2.24) is 0 Å². The number of phenols is 2. The number of fused-ring (bicyclic) bond motifs is 1. The fourth-order valence-corrected chi connectivity index (χ4v) is 4.84. The third kappa shape index (κ3) is 5.49. The molecule has 0 unspecified atom stereocenters. The lowest BCUT2D eigenvalue weighted by Gasteiger charge is -2.45. The van der Waals surface area contributed by atoms with Crippen LogP contribution in [-0.2, 0) is 14.2 Å². The van der Waals surface area contributed by atoms with Crippen LogP contribution in [0.5, 0.6) is 17.2 Å². The molecule has 3 aromatic rings. The van der Waals surface area contributed by atoms with Crippen molar-refractivity contribution in [2.24, 2.45) is 0 Å². The van der Waals surface area contributed by atoms with Gasteiger partial charge in [0.1, 0.15) is 71.1 Å². The summed E-state index contributed by atoms with van der Waals surface area (Å²) in [7, 11) is 0. The molecule has 0 bridgehead atoms. The van der Waals surface area contributed by atoms with Crippen molar-refractivity contribution in [3.8, 4) is 28.4 Å². The quantitative estimate of drug-likeness (QED) is 0.174. The van der Waals surface area contributed by atoms with Crippen molar-refractivity contribution in [3.63, 3.8) is 0 Å². The Hall–Kier alpha value is -3.31. The molecule has 3 heterocycles. The first-order chi connectivity index (χ1) is 19.5. The van der Waals surface area contributed by atoms with Gasteiger partial charge in [0.05, 0.1) is 18.3 Å². The Kier molecular flexibility index (Phi) is 8.20. The second-order valence-corrected chi connectivity index (χ2v) is 9.95. The number of rotatable bonds is 6. The van der Waals surface area contributed by atoms with Gasteiger partial charge in [-0.05, 0) is 24.6 Å².